The van der Waals surface area contributed by atoms with Crippen molar-refractivity contribution in [3.8, 4) is 0 Å². The third kappa shape index (κ3) is 3.81. The molecule has 158 valence electrons. The lowest BCUT2D eigenvalue weighted by atomic mass is 9.76. The average molecular weight is 451 g/mol. The molecule has 0 bridgehead atoms. The van der Waals surface area contributed by atoms with Gasteiger partial charge in [-0.15, -0.1) is 0 Å². The lowest BCUT2D eigenvalue weighted by Gasteiger charge is -2.45. The molecule has 31 heavy (non-hydrogen) atoms. The maximum atomic E-state index is 13.4. The van der Waals surface area contributed by atoms with Crippen LogP contribution in [-0.4, -0.2) is 30.4 Å². The standard InChI is InChI=1S/C26H24Cl2N2O/c1-17-6-11-24(23(28)14-17)30-13-12-29(16-25(30)18-7-9-20(27)10-8-18)26(31)22-15-19-4-2-3-5-21(19)22/h2-11,14,22,25H,12-13,15-16H2,1H3. The predicted molar refractivity (Wildman–Crippen MR) is 127 cm³/mol. The van der Waals surface area contributed by atoms with Gasteiger partial charge < -0.3 is 9.80 Å². The third-order valence-electron chi connectivity index (χ3n) is 6.51. The summed E-state index contributed by atoms with van der Waals surface area (Å²) in [5.74, 6) is 0.212. The van der Waals surface area contributed by atoms with Gasteiger partial charge in [-0.25, -0.2) is 0 Å². The van der Waals surface area contributed by atoms with Gasteiger partial charge in [-0.1, -0.05) is 65.7 Å². The van der Waals surface area contributed by atoms with Gasteiger partial charge in [0, 0.05) is 24.7 Å². The van der Waals surface area contributed by atoms with E-state index in [0.29, 0.717) is 18.1 Å². The van der Waals surface area contributed by atoms with Crippen LogP contribution in [0.3, 0.4) is 0 Å². The van der Waals surface area contributed by atoms with Gasteiger partial charge in [0.25, 0.3) is 0 Å². The van der Waals surface area contributed by atoms with Crippen molar-refractivity contribution >= 4 is 34.8 Å². The summed E-state index contributed by atoms with van der Waals surface area (Å²) >= 11 is 12.8. The zero-order chi connectivity index (χ0) is 21.5. The van der Waals surface area contributed by atoms with Crippen molar-refractivity contribution in [2.75, 3.05) is 24.5 Å². The largest absolute Gasteiger partial charge is 0.360 e. The van der Waals surface area contributed by atoms with Gasteiger partial charge >= 0.3 is 0 Å². The molecule has 0 N–H and O–H groups in total. The summed E-state index contributed by atoms with van der Waals surface area (Å²) in [4.78, 5) is 17.7. The molecule has 0 radical (unpaired) electrons. The topological polar surface area (TPSA) is 23.6 Å². The van der Waals surface area contributed by atoms with E-state index in [4.69, 9.17) is 23.2 Å². The fourth-order valence-electron chi connectivity index (χ4n) is 4.79. The number of halogens is 2. The Hall–Kier alpha value is -2.49. The normalized spacial score (nSPS) is 20.2. The molecule has 0 saturated carbocycles. The van der Waals surface area contributed by atoms with Gasteiger partial charge in [-0.05, 0) is 59.9 Å². The fraction of sp³-hybridized carbons (Fsp3) is 0.269. The first-order valence-corrected chi connectivity index (χ1v) is 11.4. The van der Waals surface area contributed by atoms with Crippen molar-refractivity contribution in [1.29, 1.82) is 0 Å². The molecule has 2 unspecified atom stereocenters. The van der Waals surface area contributed by atoms with Gasteiger partial charge in [0.1, 0.15) is 0 Å². The zero-order valence-electron chi connectivity index (χ0n) is 17.4. The molecule has 0 spiro atoms. The molecule has 1 aliphatic carbocycles. The minimum atomic E-state index is -0.0171. The van der Waals surface area contributed by atoms with Crippen LogP contribution in [-0.2, 0) is 11.2 Å². The van der Waals surface area contributed by atoms with Gasteiger partial charge in [0.05, 0.1) is 22.7 Å². The maximum absolute atomic E-state index is 13.4. The molecule has 3 aromatic carbocycles. The monoisotopic (exact) mass is 450 g/mol. The highest BCUT2D eigenvalue weighted by atomic mass is 35.5. The van der Waals surface area contributed by atoms with E-state index in [1.165, 1.54) is 11.1 Å². The first kappa shape index (κ1) is 20.4. The van der Waals surface area contributed by atoms with Crippen molar-refractivity contribution in [1.82, 2.24) is 4.90 Å². The van der Waals surface area contributed by atoms with E-state index < -0.39 is 0 Å². The van der Waals surface area contributed by atoms with Crippen molar-refractivity contribution in [3.63, 3.8) is 0 Å². The number of anilines is 1. The molecule has 5 heteroatoms. The quantitative estimate of drug-likeness (QED) is 0.485. The molecular formula is C26H24Cl2N2O. The van der Waals surface area contributed by atoms with Crippen LogP contribution in [0.4, 0.5) is 5.69 Å². The van der Waals surface area contributed by atoms with Crippen LogP contribution in [0.25, 0.3) is 0 Å². The number of benzene rings is 3. The van der Waals surface area contributed by atoms with E-state index >= 15 is 0 Å². The highest BCUT2D eigenvalue weighted by molar-refractivity contribution is 6.33. The summed E-state index contributed by atoms with van der Waals surface area (Å²) in [5.41, 5.74) is 5.75. The Morgan fingerprint density at radius 2 is 1.74 bits per heavy atom. The smallest absolute Gasteiger partial charge is 0.230 e. The van der Waals surface area contributed by atoms with Crippen LogP contribution in [0, 0.1) is 6.92 Å². The van der Waals surface area contributed by atoms with Crippen molar-refractivity contribution in [2.45, 2.75) is 25.3 Å². The lowest BCUT2D eigenvalue weighted by molar-refractivity contribution is -0.134. The van der Waals surface area contributed by atoms with E-state index in [1.54, 1.807) is 0 Å². The number of nitrogens with zero attached hydrogens (tertiary/aromatic N) is 2. The summed E-state index contributed by atoms with van der Waals surface area (Å²) < 4.78 is 0. The SMILES string of the molecule is Cc1ccc(N2CCN(C(=O)C3Cc4ccccc43)CC2c2ccc(Cl)cc2)c(Cl)c1. The maximum Gasteiger partial charge on any atom is 0.230 e. The Bertz CT molecular complexity index is 1130. The third-order valence-corrected chi connectivity index (χ3v) is 7.07. The Kier molecular flexibility index (Phi) is 5.41. The first-order chi connectivity index (χ1) is 15.0. The number of fused-ring (bicyclic) bond motifs is 1. The van der Waals surface area contributed by atoms with E-state index in [9.17, 15) is 4.79 Å². The molecule has 2 atom stereocenters. The highest BCUT2D eigenvalue weighted by Crippen LogP contribution is 2.39. The number of hydrogen-bond donors (Lipinski definition) is 0. The minimum absolute atomic E-state index is 0.0171. The number of carbonyl (C=O) groups is 1. The molecule has 5 rings (SSSR count). The number of rotatable bonds is 3. The van der Waals surface area contributed by atoms with Crippen LogP contribution in [0.15, 0.2) is 66.7 Å². The molecule has 3 nitrogen and oxygen atoms in total. The Morgan fingerprint density at radius 3 is 2.48 bits per heavy atom. The fourth-order valence-corrected chi connectivity index (χ4v) is 5.26. The molecule has 0 aromatic heterocycles. The van der Waals surface area contributed by atoms with Crippen LogP contribution in [0.5, 0.6) is 0 Å². The summed E-state index contributed by atoms with van der Waals surface area (Å²) in [5, 5.41) is 1.45. The van der Waals surface area contributed by atoms with Crippen LogP contribution >= 0.6 is 23.2 Å². The molecule has 1 amide bonds. The van der Waals surface area contributed by atoms with Crippen molar-refractivity contribution in [2.24, 2.45) is 0 Å². The first-order valence-electron chi connectivity index (χ1n) is 10.7. The second-order valence-electron chi connectivity index (χ2n) is 8.46. The second kappa shape index (κ2) is 8.22. The van der Waals surface area contributed by atoms with E-state index in [1.807, 2.05) is 42.2 Å². The van der Waals surface area contributed by atoms with Gasteiger partial charge in [-0.2, -0.15) is 0 Å². The Labute approximate surface area is 193 Å². The van der Waals surface area contributed by atoms with E-state index in [2.05, 4.69) is 41.3 Å². The number of carbonyl (C=O) groups excluding carboxylic acids is 1. The molecule has 1 saturated heterocycles. The molecule has 2 aliphatic rings. The summed E-state index contributed by atoms with van der Waals surface area (Å²) in [6.07, 6.45) is 0.838. The highest BCUT2D eigenvalue weighted by Gasteiger charge is 2.38. The second-order valence-corrected chi connectivity index (χ2v) is 9.30. The van der Waals surface area contributed by atoms with Gasteiger partial charge in [-0.3, -0.25) is 4.79 Å². The number of aryl methyl sites for hydroxylation is 1. The predicted octanol–water partition coefficient (Wildman–Crippen LogP) is 6.03. The Morgan fingerprint density at radius 1 is 0.968 bits per heavy atom. The summed E-state index contributed by atoms with van der Waals surface area (Å²) in [6, 6.07) is 22.4. The zero-order valence-corrected chi connectivity index (χ0v) is 18.9. The average Bonchev–Trinajstić information content (AvgIpc) is 2.75. The van der Waals surface area contributed by atoms with E-state index in [0.717, 1.165) is 34.8 Å². The molecular weight excluding hydrogens is 427 g/mol. The molecule has 1 heterocycles. The summed E-state index contributed by atoms with van der Waals surface area (Å²) in [7, 11) is 0. The Balaban J connectivity index is 1.44. The molecule has 1 aliphatic heterocycles. The molecule has 1 fully saturated rings. The van der Waals surface area contributed by atoms with Crippen LogP contribution in [0.1, 0.15) is 34.2 Å². The van der Waals surface area contributed by atoms with Crippen molar-refractivity contribution < 1.29 is 4.79 Å². The van der Waals surface area contributed by atoms with Gasteiger partial charge in [0.15, 0.2) is 0 Å². The van der Waals surface area contributed by atoms with Crippen LogP contribution in [0.2, 0.25) is 10.0 Å². The lowest BCUT2D eigenvalue weighted by Crippen LogP contribution is -2.52. The minimum Gasteiger partial charge on any atom is -0.360 e. The van der Waals surface area contributed by atoms with Crippen LogP contribution < -0.4 is 4.90 Å². The van der Waals surface area contributed by atoms with E-state index in [-0.39, 0.29) is 17.9 Å². The van der Waals surface area contributed by atoms with Crippen molar-refractivity contribution in [3.05, 3.63) is 99.0 Å². The number of amides is 1. The number of hydrogen-bond acceptors (Lipinski definition) is 2. The van der Waals surface area contributed by atoms with Gasteiger partial charge in [0.2, 0.25) is 5.91 Å². The molecule has 3 aromatic rings. The number of piperazine rings is 1. The summed E-state index contributed by atoms with van der Waals surface area (Å²) in [6.45, 7) is 4.09.